The minimum atomic E-state index is -3.33. The van der Waals surface area contributed by atoms with Gasteiger partial charge in [-0.3, -0.25) is 13.9 Å². The molecule has 1 fully saturated rings. The maximum Gasteiger partial charge on any atom is 0.309 e. The van der Waals surface area contributed by atoms with E-state index < -0.39 is 33.7 Å². The molecule has 1 aliphatic rings. The summed E-state index contributed by atoms with van der Waals surface area (Å²) in [5.74, 6) is -2.09. The fourth-order valence-electron chi connectivity index (χ4n) is 4.36. The molecule has 3 aromatic rings. The molecule has 2 unspecified atom stereocenters. The predicted octanol–water partition coefficient (Wildman–Crippen LogP) is 4.74. The lowest BCUT2D eigenvalue weighted by atomic mass is 9.98. The summed E-state index contributed by atoms with van der Waals surface area (Å²) in [6.45, 7) is 2.38. The largest absolute Gasteiger partial charge is 0.344 e. The fraction of sp³-hybridized carbons (Fsp3) is 0.259. The van der Waals surface area contributed by atoms with Gasteiger partial charge in [0.15, 0.2) is 0 Å². The molecule has 200 valence electrons. The summed E-state index contributed by atoms with van der Waals surface area (Å²) in [6.07, 6.45) is 0.0344. The van der Waals surface area contributed by atoms with Crippen molar-refractivity contribution in [3.8, 4) is 0 Å². The average Bonchev–Trinajstić information content (AvgIpc) is 3.16. The number of rotatable bonds is 7. The van der Waals surface area contributed by atoms with Gasteiger partial charge in [0.05, 0.1) is 17.5 Å². The van der Waals surface area contributed by atoms with E-state index in [1.807, 2.05) is 6.92 Å². The van der Waals surface area contributed by atoms with Crippen LogP contribution >= 0.6 is 27.5 Å². The molecule has 7 nitrogen and oxygen atoms in total. The van der Waals surface area contributed by atoms with E-state index in [1.54, 1.807) is 54.6 Å². The molecule has 1 aliphatic heterocycles. The number of halogens is 3. The lowest BCUT2D eigenvalue weighted by molar-refractivity contribution is -0.139. The third-order valence-electron chi connectivity index (χ3n) is 6.25. The van der Waals surface area contributed by atoms with Gasteiger partial charge in [-0.2, -0.15) is 0 Å². The Morgan fingerprint density at radius 3 is 2.42 bits per heavy atom. The number of nitrogens with one attached hydrogen (secondary N) is 2. The molecule has 4 rings (SSSR count). The number of sulfonamides is 1. The van der Waals surface area contributed by atoms with Crippen LogP contribution in [0.4, 0.5) is 10.1 Å². The van der Waals surface area contributed by atoms with E-state index in [-0.39, 0.29) is 35.2 Å². The van der Waals surface area contributed by atoms with Gasteiger partial charge in [-0.25, -0.2) is 12.8 Å². The maximum absolute atomic E-state index is 14.5. The molecule has 11 heteroatoms. The molecule has 38 heavy (non-hydrogen) atoms. The van der Waals surface area contributed by atoms with Crippen molar-refractivity contribution < 1.29 is 22.4 Å². The zero-order chi connectivity index (χ0) is 27.4. The normalized spacial score (nSPS) is 17.2. The Morgan fingerprint density at radius 2 is 1.79 bits per heavy atom. The summed E-state index contributed by atoms with van der Waals surface area (Å²) in [4.78, 5) is 25.4. The van der Waals surface area contributed by atoms with E-state index in [1.165, 1.54) is 16.4 Å². The van der Waals surface area contributed by atoms with Crippen LogP contribution in [-0.4, -0.2) is 32.5 Å². The Balaban J connectivity index is 1.42. The van der Waals surface area contributed by atoms with Gasteiger partial charge in [-0.1, -0.05) is 70.9 Å². The van der Waals surface area contributed by atoms with Crippen molar-refractivity contribution in [2.75, 3.05) is 16.6 Å². The molecule has 1 saturated heterocycles. The van der Waals surface area contributed by atoms with Gasteiger partial charge in [-0.15, -0.1) is 0 Å². The summed E-state index contributed by atoms with van der Waals surface area (Å²) in [5, 5.41) is 5.49. The molecule has 0 bridgehead atoms. The zero-order valence-electron chi connectivity index (χ0n) is 20.5. The summed E-state index contributed by atoms with van der Waals surface area (Å²) in [6, 6.07) is 17.5. The Kier molecular flexibility index (Phi) is 8.74. The van der Waals surface area contributed by atoms with Gasteiger partial charge in [0.25, 0.3) is 0 Å². The van der Waals surface area contributed by atoms with Gasteiger partial charge in [0.1, 0.15) is 5.82 Å². The van der Waals surface area contributed by atoms with Crippen LogP contribution in [0.5, 0.6) is 0 Å². The Morgan fingerprint density at radius 1 is 1.08 bits per heavy atom. The Hall–Kier alpha value is -2.95. The number of benzene rings is 3. The van der Waals surface area contributed by atoms with E-state index in [2.05, 4.69) is 26.6 Å². The van der Waals surface area contributed by atoms with Crippen molar-refractivity contribution in [3.63, 3.8) is 0 Å². The quantitative estimate of drug-likeness (QED) is 0.372. The van der Waals surface area contributed by atoms with Crippen molar-refractivity contribution in [1.29, 1.82) is 0 Å². The molecule has 2 atom stereocenters. The summed E-state index contributed by atoms with van der Waals surface area (Å²) < 4.78 is 41.2. The SMILES string of the molecule is CC1CN(c2ccc(CNC(=O)C(=O)NC(Cc3c(F)cccc3Cl)c3ccccc3Br)cc2)S(=O)(=O)C1. The van der Waals surface area contributed by atoms with Gasteiger partial charge >= 0.3 is 11.8 Å². The Bertz CT molecular complexity index is 1430. The molecular weight excluding hydrogens is 597 g/mol. The van der Waals surface area contributed by atoms with Crippen LogP contribution in [0, 0.1) is 11.7 Å². The van der Waals surface area contributed by atoms with Crippen LogP contribution < -0.4 is 14.9 Å². The molecule has 2 amide bonds. The van der Waals surface area contributed by atoms with E-state index in [9.17, 15) is 22.4 Å². The number of amides is 2. The van der Waals surface area contributed by atoms with Crippen molar-refractivity contribution in [2.24, 2.45) is 5.92 Å². The number of hydrogen-bond acceptors (Lipinski definition) is 4. The second-order valence-electron chi connectivity index (χ2n) is 9.22. The van der Waals surface area contributed by atoms with Crippen LogP contribution in [-0.2, 0) is 32.6 Å². The number of carbonyl (C=O) groups excluding carboxylic acids is 2. The third kappa shape index (κ3) is 6.54. The van der Waals surface area contributed by atoms with Crippen LogP contribution in [0.1, 0.15) is 29.7 Å². The summed E-state index contributed by atoms with van der Waals surface area (Å²) >= 11 is 9.67. The number of nitrogens with zero attached hydrogens (tertiary/aromatic N) is 1. The lowest BCUT2D eigenvalue weighted by Crippen LogP contribution is -2.42. The first-order valence-corrected chi connectivity index (χ1v) is 14.7. The van der Waals surface area contributed by atoms with Crippen LogP contribution in [0.25, 0.3) is 0 Å². The molecule has 0 radical (unpaired) electrons. The fourth-order valence-corrected chi connectivity index (χ4v) is 7.09. The van der Waals surface area contributed by atoms with Crippen molar-refractivity contribution in [1.82, 2.24) is 10.6 Å². The molecule has 0 aliphatic carbocycles. The highest BCUT2D eigenvalue weighted by molar-refractivity contribution is 9.10. The predicted molar refractivity (Wildman–Crippen MR) is 149 cm³/mol. The number of hydrogen-bond donors (Lipinski definition) is 2. The monoisotopic (exact) mass is 621 g/mol. The van der Waals surface area contributed by atoms with Crippen molar-refractivity contribution in [3.05, 3.63) is 98.7 Å². The standard InChI is InChI=1S/C27H26BrClFN3O4S/c1-17-15-33(38(36,37)16-17)19-11-9-18(10-12-19)14-31-26(34)27(35)32-25(20-5-2-3-6-22(20)28)13-21-23(29)7-4-8-24(21)30/h2-12,17,25H,13-16H2,1H3,(H,31,34)(H,32,35). The van der Waals surface area contributed by atoms with E-state index in [0.29, 0.717) is 27.8 Å². The van der Waals surface area contributed by atoms with Crippen molar-refractivity contribution in [2.45, 2.75) is 25.9 Å². The molecular formula is C27H26BrClFN3O4S. The van der Waals surface area contributed by atoms with Crippen molar-refractivity contribution >= 4 is 55.1 Å². The molecule has 2 N–H and O–H groups in total. The van der Waals surface area contributed by atoms with E-state index in [4.69, 9.17) is 11.6 Å². The number of anilines is 1. The first kappa shape index (κ1) is 28.1. The maximum atomic E-state index is 14.5. The van der Waals surface area contributed by atoms with E-state index in [0.717, 1.165) is 0 Å². The average molecular weight is 623 g/mol. The number of carbonyl (C=O) groups is 2. The second kappa shape index (κ2) is 11.8. The highest BCUT2D eigenvalue weighted by atomic mass is 79.9. The smallest absolute Gasteiger partial charge is 0.309 e. The molecule has 0 aromatic heterocycles. The van der Waals surface area contributed by atoms with Gasteiger partial charge in [0, 0.05) is 34.6 Å². The first-order valence-electron chi connectivity index (χ1n) is 11.9. The van der Waals surface area contributed by atoms with Crippen LogP contribution in [0.2, 0.25) is 5.02 Å². The minimum absolute atomic E-state index is 0.0344. The minimum Gasteiger partial charge on any atom is -0.344 e. The van der Waals surface area contributed by atoms with Gasteiger partial charge < -0.3 is 10.6 Å². The molecule has 3 aromatic carbocycles. The third-order valence-corrected chi connectivity index (χ3v) is 9.35. The first-order chi connectivity index (χ1) is 18.0. The molecule has 0 spiro atoms. The molecule has 1 heterocycles. The van der Waals surface area contributed by atoms with Crippen LogP contribution in [0.15, 0.2) is 71.2 Å². The highest BCUT2D eigenvalue weighted by Crippen LogP contribution is 2.30. The lowest BCUT2D eigenvalue weighted by Gasteiger charge is -2.21. The topological polar surface area (TPSA) is 95.6 Å². The second-order valence-corrected chi connectivity index (χ2v) is 12.4. The Labute approximate surface area is 234 Å². The van der Waals surface area contributed by atoms with Crippen LogP contribution in [0.3, 0.4) is 0 Å². The molecule has 0 saturated carbocycles. The summed E-state index contributed by atoms with van der Waals surface area (Å²) in [7, 11) is -3.33. The van der Waals surface area contributed by atoms with Gasteiger partial charge in [-0.05, 0) is 47.4 Å². The summed E-state index contributed by atoms with van der Waals surface area (Å²) in [5.41, 5.74) is 2.14. The van der Waals surface area contributed by atoms with Gasteiger partial charge in [0.2, 0.25) is 10.0 Å². The highest BCUT2D eigenvalue weighted by Gasteiger charge is 2.33. The van der Waals surface area contributed by atoms with E-state index >= 15 is 0 Å². The zero-order valence-corrected chi connectivity index (χ0v) is 23.6.